The summed E-state index contributed by atoms with van der Waals surface area (Å²) in [7, 11) is 0. The number of phenols is 1. The number of aromatic hydroxyl groups is 1. The van der Waals surface area contributed by atoms with Gasteiger partial charge in [0.2, 0.25) is 0 Å². The van der Waals surface area contributed by atoms with Crippen LogP contribution in [-0.2, 0) is 13.1 Å². The van der Waals surface area contributed by atoms with Crippen LogP contribution in [0.5, 0.6) is 11.5 Å². The number of ether oxygens (including phenoxy) is 1. The Morgan fingerprint density at radius 3 is 2.89 bits per heavy atom. The number of nitrogens with one attached hydrogen (secondary N) is 1. The molecule has 0 bridgehead atoms. The summed E-state index contributed by atoms with van der Waals surface area (Å²) < 4.78 is 5.36. The highest BCUT2D eigenvalue weighted by Gasteiger charge is 2.04. The molecule has 0 atom stereocenters. The molecule has 0 unspecified atom stereocenters. The quantitative estimate of drug-likeness (QED) is 0.853. The smallest absolute Gasteiger partial charge is 0.161 e. The van der Waals surface area contributed by atoms with Gasteiger partial charge in [0, 0.05) is 24.2 Å². The third-order valence-electron chi connectivity index (χ3n) is 2.60. The molecule has 0 radical (unpaired) electrons. The lowest BCUT2D eigenvalue weighted by Crippen LogP contribution is -2.12. The number of phenolic OH excluding ortho intramolecular Hbond substituents is 1. The summed E-state index contributed by atoms with van der Waals surface area (Å²) in [5, 5.41) is 14.0. The van der Waals surface area contributed by atoms with Crippen molar-refractivity contribution < 1.29 is 9.84 Å². The summed E-state index contributed by atoms with van der Waals surface area (Å²) in [6.07, 6.45) is 1.88. The zero-order chi connectivity index (χ0) is 13.7. The maximum absolute atomic E-state index is 9.62. The number of aromatic nitrogens is 1. The van der Waals surface area contributed by atoms with Gasteiger partial charge >= 0.3 is 0 Å². The van der Waals surface area contributed by atoms with Crippen LogP contribution in [0.1, 0.15) is 22.4 Å². The van der Waals surface area contributed by atoms with Gasteiger partial charge in [-0.3, -0.25) is 0 Å². The van der Waals surface area contributed by atoms with Crippen molar-refractivity contribution >= 4 is 11.3 Å². The van der Waals surface area contributed by atoms with Gasteiger partial charge in [0.15, 0.2) is 11.5 Å². The predicted octanol–water partition coefficient (Wildman–Crippen LogP) is 2.85. The van der Waals surface area contributed by atoms with Crippen molar-refractivity contribution in [3.63, 3.8) is 0 Å². The number of hydrogen-bond donors (Lipinski definition) is 2. The standard InChI is InChI=1S/C14H18N2O2S/c1-3-18-13-6-11(4-5-12(13)17)8-15-9-14-16-7-10(2)19-14/h4-7,15,17H,3,8-9H2,1-2H3. The fraction of sp³-hybridized carbons (Fsp3) is 0.357. The van der Waals surface area contributed by atoms with E-state index in [2.05, 4.69) is 17.2 Å². The fourth-order valence-electron chi connectivity index (χ4n) is 1.74. The first kappa shape index (κ1) is 13.8. The second-order valence-electron chi connectivity index (χ2n) is 4.20. The molecular weight excluding hydrogens is 260 g/mol. The van der Waals surface area contributed by atoms with E-state index in [1.807, 2.05) is 25.3 Å². The van der Waals surface area contributed by atoms with E-state index in [0.29, 0.717) is 12.4 Å². The topological polar surface area (TPSA) is 54.4 Å². The number of rotatable bonds is 6. The van der Waals surface area contributed by atoms with Crippen molar-refractivity contribution in [1.29, 1.82) is 0 Å². The highest BCUT2D eigenvalue weighted by atomic mass is 32.1. The molecule has 0 aliphatic heterocycles. The van der Waals surface area contributed by atoms with Crippen molar-refractivity contribution in [2.45, 2.75) is 26.9 Å². The van der Waals surface area contributed by atoms with Crippen LogP contribution in [0.25, 0.3) is 0 Å². The summed E-state index contributed by atoms with van der Waals surface area (Å²) in [4.78, 5) is 5.52. The van der Waals surface area contributed by atoms with E-state index in [0.717, 1.165) is 23.7 Å². The molecule has 102 valence electrons. The monoisotopic (exact) mass is 278 g/mol. The third-order valence-corrected chi connectivity index (χ3v) is 3.51. The van der Waals surface area contributed by atoms with Crippen molar-refractivity contribution in [3.05, 3.63) is 39.8 Å². The molecule has 0 amide bonds. The lowest BCUT2D eigenvalue weighted by Gasteiger charge is -2.08. The molecule has 0 saturated carbocycles. The number of nitrogens with zero attached hydrogens (tertiary/aromatic N) is 1. The van der Waals surface area contributed by atoms with E-state index >= 15 is 0 Å². The lowest BCUT2D eigenvalue weighted by molar-refractivity contribution is 0.317. The van der Waals surface area contributed by atoms with Crippen molar-refractivity contribution in [2.75, 3.05) is 6.61 Å². The Labute approximate surface area is 117 Å². The van der Waals surface area contributed by atoms with Crippen LogP contribution in [0.3, 0.4) is 0 Å². The van der Waals surface area contributed by atoms with Crippen LogP contribution < -0.4 is 10.1 Å². The molecule has 0 saturated heterocycles. The van der Waals surface area contributed by atoms with Gasteiger partial charge in [-0.2, -0.15) is 0 Å². The molecule has 2 rings (SSSR count). The molecule has 1 aromatic heterocycles. The van der Waals surface area contributed by atoms with Crippen LogP contribution in [-0.4, -0.2) is 16.7 Å². The van der Waals surface area contributed by atoms with Crippen molar-refractivity contribution in [1.82, 2.24) is 10.3 Å². The van der Waals surface area contributed by atoms with Crippen LogP contribution in [0.2, 0.25) is 0 Å². The number of hydrogen-bond acceptors (Lipinski definition) is 5. The summed E-state index contributed by atoms with van der Waals surface area (Å²) in [6, 6.07) is 5.41. The predicted molar refractivity (Wildman–Crippen MR) is 76.7 cm³/mol. The van der Waals surface area contributed by atoms with Crippen molar-refractivity contribution in [2.24, 2.45) is 0 Å². The SMILES string of the molecule is CCOc1cc(CNCc2ncc(C)s2)ccc1O. The Bertz CT molecular complexity index is 540. The van der Waals surface area contributed by atoms with E-state index < -0.39 is 0 Å². The van der Waals surface area contributed by atoms with Gasteiger partial charge in [0.25, 0.3) is 0 Å². The minimum atomic E-state index is 0.182. The Morgan fingerprint density at radius 1 is 1.37 bits per heavy atom. The second kappa shape index (κ2) is 6.54. The Kier molecular flexibility index (Phi) is 4.76. The average Bonchev–Trinajstić information content (AvgIpc) is 2.79. The molecule has 1 aromatic carbocycles. The largest absolute Gasteiger partial charge is 0.504 e. The Hall–Kier alpha value is -1.59. The molecular formula is C14H18N2O2S. The normalized spacial score (nSPS) is 10.6. The van der Waals surface area contributed by atoms with E-state index in [-0.39, 0.29) is 5.75 Å². The fourth-order valence-corrected chi connectivity index (χ4v) is 2.49. The molecule has 0 aliphatic carbocycles. The molecule has 2 aromatic rings. The minimum absolute atomic E-state index is 0.182. The molecule has 0 fully saturated rings. The maximum Gasteiger partial charge on any atom is 0.161 e. The zero-order valence-corrected chi connectivity index (χ0v) is 12.0. The first-order valence-electron chi connectivity index (χ1n) is 6.25. The summed E-state index contributed by atoms with van der Waals surface area (Å²) in [6.45, 7) is 5.97. The van der Waals surface area contributed by atoms with E-state index in [4.69, 9.17) is 4.74 Å². The highest BCUT2D eigenvalue weighted by molar-refractivity contribution is 7.11. The lowest BCUT2D eigenvalue weighted by atomic mass is 10.2. The number of thiazole rings is 1. The molecule has 19 heavy (non-hydrogen) atoms. The van der Waals surface area contributed by atoms with E-state index in [9.17, 15) is 5.11 Å². The summed E-state index contributed by atoms with van der Waals surface area (Å²) in [5.74, 6) is 0.716. The highest BCUT2D eigenvalue weighted by Crippen LogP contribution is 2.26. The number of benzene rings is 1. The second-order valence-corrected chi connectivity index (χ2v) is 5.52. The van der Waals surface area contributed by atoms with E-state index in [1.165, 1.54) is 4.88 Å². The van der Waals surface area contributed by atoms with Gasteiger partial charge in [-0.1, -0.05) is 6.07 Å². The third kappa shape index (κ3) is 3.94. The molecule has 0 aliphatic rings. The van der Waals surface area contributed by atoms with Crippen LogP contribution >= 0.6 is 11.3 Å². The molecule has 2 N–H and O–H groups in total. The minimum Gasteiger partial charge on any atom is -0.504 e. The van der Waals surface area contributed by atoms with Gasteiger partial charge in [0.1, 0.15) is 5.01 Å². The first-order valence-corrected chi connectivity index (χ1v) is 7.07. The van der Waals surface area contributed by atoms with Gasteiger partial charge in [-0.25, -0.2) is 4.98 Å². The average molecular weight is 278 g/mol. The summed E-state index contributed by atoms with van der Waals surface area (Å²) in [5.41, 5.74) is 1.08. The Balaban J connectivity index is 1.90. The molecule has 5 heteroatoms. The van der Waals surface area contributed by atoms with Crippen LogP contribution in [0, 0.1) is 6.92 Å². The van der Waals surface area contributed by atoms with Crippen LogP contribution in [0.15, 0.2) is 24.4 Å². The van der Waals surface area contributed by atoms with Gasteiger partial charge in [0.05, 0.1) is 6.61 Å². The van der Waals surface area contributed by atoms with Gasteiger partial charge in [-0.15, -0.1) is 11.3 Å². The maximum atomic E-state index is 9.62. The first-order chi connectivity index (χ1) is 9.19. The molecule has 0 spiro atoms. The number of aryl methyl sites for hydroxylation is 1. The van der Waals surface area contributed by atoms with Crippen LogP contribution in [0.4, 0.5) is 0 Å². The molecule has 4 nitrogen and oxygen atoms in total. The van der Waals surface area contributed by atoms with Gasteiger partial charge in [-0.05, 0) is 31.5 Å². The molecule has 1 heterocycles. The van der Waals surface area contributed by atoms with E-state index in [1.54, 1.807) is 17.4 Å². The van der Waals surface area contributed by atoms with Gasteiger partial charge < -0.3 is 15.2 Å². The van der Waals surface area contributed by atoms with Crippen molar-refractivity contribution in [3.8, 4) is 11.5 Å². The zero-order valence-electron chi connectivity index (χ0n) is 11.1. The Morgan fingerprint density at radius 2 is 2.21 bits per heavy atom. The summed E-state index contributed by atoms with van der Waals surface area (Å²) >= 11 is 1.70.